The summed E-state index contributed by atoms with van der Waals surface area (Å²) in [5.41, 5.74) is 4.47. The van der Waals surface area contributed by atoms with Gasteiger partial charge in [-0.25, -0.2) is 0 Å². The third-order valence-corrected chi connectivity index (χ3v) is 2.98. The van der Waals surface area contributed by atoms with E-state index in [0.717, 1.165) is 38.5 Å². The van der Waals surface area contributed by atoms with Crippen LogP contribution in [0.4, 0.5) is 0 Å². The van der Waals surface area contributed by atoms with E-state index in [1.807, 2.05) is 0 Å². The summed E-state index contributed by atoms with van der Waals surface area (Å²) in [4.78, 5) is 42.1. The molecule has 0 aromatic heterocycles. The van der Waals surface area contributed by atoms with Crippen molar-refractivity contribution in [1.82, 2.24) is 10.6 Å². The number of ketones is 1. The molecule has 0 aromatic rings. The molecule has 24 heavy (non-hydrogen) atoms. The molecule has 0 saturated heterocycles. The Morgan fingerprint density at radius 2 is 1.17 bits per heavy atom. The van der Waals surface area contributed by atoms with E-state index < -0.39 is 0 Å². The van der Waals surface area contributed by atoms with E-state index in [0.29, 0.717) is 25.9 Å². The Morgan fingerprint density at radius 1 is 0.708 bits per heavy atom. The summed E-state index contributed by atoms with van der Waals surface area (Å²) >= 11 is 0. The molecule has 140 valence electrons. The molecular formula is C17H33N3O4. The third-order valence-electron chi connectivity index (χ3n) is 2.98. The second kappa shape index (κ2) is 17.4. The van der Waals surface area contributed by atoms with Gasteiger partial charge in [-0.3, -0.25) is 14.4 Å². The fraction of sp³-hybridized carbons (Fsp3) is 0.765. The molecule has 0 aliphatic heterocycles. The Hall–Kier alpha value is -1.92. The van der Waals surface area contributed by atoms with Crippen molar-refractivity contribution in [2.45, 2.75) is 72.1 Å². The smallest absolute Gasteiger partial charge is 0.219 e. The van der Waals surface area contributed by atoms with Crippen LogP contribution in [0.15, 0.2) is 0 Å². The molecule has 0 unspecified atom stereocenters. The first-order chi connectivity index (χ1) is 11.3. The van der Waals surface area contributed by atoms with E-state index in [-0.39, 0.29) is 23.5 Å². The molecule has 0 aliphatic carbocycles. The average molecular weight is 343 g/mol. The number of nitrogens with two attached hydrogens (primary N) is 1. The minimum atomic E-state index is -0.333. The van der Waals surface area contributed by atoms with E-state index in [2.05, 4.69) is 16.4 Å². The Labute approximate surface area is 145 Å². The van der Waals surface area contributed by atoms with Crippen LogP contribution < -0.4 is 16.4 Å². The highest BCUT2D eigenvalue weighted by atomic mass is 16.2. The monoisotopic (exact) mass is 343 g/mol. The number of carbonyl (C=O) groups excluding carboxylic acids is 4. The molecule has 7 nitrogen and oxygen atoms in total. The van der Waals surface area contributed by atoms with Crippen molar-refractivity contribution in [3.05, 3.63) is 0 Å². The third kappa shape index (κ3) is 28.3. The first kappa shape index (κ1) is 24.3. The van der Waals surface area contributed by atoms with E-state index in [1.165, 1.54) is 13.8 Å². The molecule has 0 aliphatic rings. The quantitative estimate of drug-likeness (QED) is 0.465. The highest BCUT2D eigenvalue weighted by Gasteiger charge is 2.01. The van der Waals surface area contributed by atoms with Crippen molar-refractivity contribution in [3.8, 4) is 0 Å². The van der Waals surface area contributed by atoms with Gasteiger partial charge in [-0.05, 0) is 32.6 Å². The van der Waals surface area contributed by atoms with Crippen molar-refractivity contribution in [1.29, 1.82) is 0 Å². The SMILES string of the molecule is CC(=O)CCCCCNC(=O)CCCCCNC(C)=O.CC(N)=O. The van der Waals surface area contributed by atoms with Gasteiger partial charge in [0.05, 0.1) is 0 Å². The van der Waals surface area contributed by atoms with Gasteiger partial charge in [-0.2, -0.15) is 0 Å². The molecule has 4 N–H and O–H groups in total. The Kier molecular flexibility index (Phi) is 17.7. The maximum Gasteiger partial charge on any atom is 0.219 e. The molecule has 0 radical (unpaired) electrons. The molecule has 0 rings (SSSR count). The molecule has 0 fully saturated rings. The fourth-order valence-electron chi connectivity index (χ4n) is 1.84. The van der Waals surface area contributed by atoms with Gasteiger partial charge in [0.15, 0.2) is 0 Å². The van der Waals surface area contributed by atoms with Gasteiger partial charge in [-0.1, -0.05) is 12.8 Å². The Bertz CT molecular complexity index is 352. The predicted octanol–water partition coefficient (Wildman–Crippen LogP) is 1.44. The summed E-state index contributed by atoms with van der Waals surface area (Å²) in [6.07, 6.45) is 6.74. The van der Waals surface area contributed by atoms with Gasteiger partial charge in [0, 0.05) is 39.8 Å². The fourth-order valence-corrected chi connectivity index (χ4v) is 1.84. The molecule has 0 aromatic carbocycles. The van der Waals surface area contributed by atoms with E-state index >= 15 is 0 Å². The summed E-state index contributed by atoms with van der Waals surface area (Å²) in [5, 5.41) is 5.62. The number of hydrogen-bond donors (Lipinski definition) is 3. The van der Waals surface area contributed by atoms with Crippen molar-refractivity contribution in [2.24, 2.45) is 5.73 Å². The van der Waals surface area contributed by atoms with Crippen LogP contribution >= 0.6 is 0 Å². The summed E-state index contributed by atoms with van der Waals surface area (Å²) in [6.45, 7) is 5.80. The molecule has 0 heterocycles. The lowest BCUT2D eigenvalue weighted by atomic mass is 10.1. The number of rotatable bonds is 12. The number of amides is 3. The van der Waals surface area contributed by atoms with E-state index in [9.17, 15) is 19.2 Å². The van der Waals surface area contributed by atoms with Crippen LogP contribution in [-0.2, 0) is 19.2 Å². The summed E-state index contributed by atoms with van der Waals surface area (Å²) in [7, 11) is 0. The minimum absolute atomic E-state index is 0.00693. The normalized spacial score (nSPS) is 9.46. The standard InChI is InChI=1S/C15H28N2O3.C2H5NO/c1-13(18)9-5-3-8-12-17-15(20)10-6-4-7-11-16-14(2)19;1-2(3)4/h3-12H2,1-2H3,(H,16,19)(H,17,20);1H3,(H2,3,4). The average Bonchev–Trinajstić information content (AvgIpc) is 2.45. The first-order valence-corrected chi connectivity index (χ1v) is 8.52. The summed E-state index contributed by atoms with van der Waals surface area (Å²) < 4.78 is 0. The van der Waals surface area contributed by atoms with Crippen molar-refractivity contribution >= 4 is 23.5 Å². The number of unbranched alkanes of at least 4 members (excludes halogenated alkanes) is 4. The molecular weight excluding hydrogens is 310 g/mol. The number of hydrogen-bond acceptors (Lipinski definition) is 4. The number of carbonyl (C=O) groups is 4. The van der Waals surface area contributed by atoms with Crippen molar-refractivity contribution in [2.75, 3.05) is 13.1 Å². The lowest BCUT2D eigenvalue weighted by molar-refractivity contribution is -0.121. The second-order valence-electron chi connectivity index (χ2n) is 5.77. The van der Waals surface area contributed by atoms with Crippen molar-refractivity contribution in [3.63, 3.8) is 0 Å². The zero-order valence-electron chi connectivity index (χ0n) is 15.3. The maximum atomic E-state index is 11.5. The largest absolute Gasteiger partial charge is 0.370 e. The Morgan fingerprint density at radius 3 is 1.62 bits per heavy atom. The van der Waals surface area contributed by atoms with Crippen LogP contribution in [0, 0.1) is 0 Å². The van der Waals surface area contributed by atoms with Crippen LogP contribution in [-0.4, -0.2) is 36.6 Å². The highest BCUT2D eigenvalue weighted by molar-refractivity contribution is 5.76. The second-order valence-corrected chi connectivity index (χ2v) is 5.77. The zero-order valence-corrected chi connectivity index (χ0v) is 15.3. The van der Waals surface area contributed by atoms with Gasteiger partial charge in [-0.15, -0.1) is 0 Å². The van der Waals surface area contributed by atoms with E-state index in [1.54, 1.807) is 6.92 Å². The first-order valence-electron chi connectivity index (χ1n) is 8.52. The van der Waals surface area contributed by atoms with Gasteiger partial charge >= 0.3 is 0 Å². The molecule has 3 amide bonds. The van der Waals surface area contributed by atoms with Gasteiger partial charge in [0.1, 0.15) is 5.78 Å². The lowest BCUT2D eigenvalue weighted by Gasteiger charge is -2.05. The zero-order chi connectivity index (χ0) is 18.8. The number of nitrogens with one attached hydrogen (secondary N) is 2. The molecule has 0 atom stereocenters. The predicted molar refractivity (Wildman–Crippen MR) is 94.2 cm³/mol. The lowest BCUT2D eigenvalue weighted by Crippen LogP contribution is -2.24. The van der Waals surface area contributed by atoms with E-state index in [4.69, 9.17) is 0 Å². The topological polar surface area (TPSA) is 118 Å². The van der Waals surface area contributed by atoms with Crippen LogP contribution in [0.2, 0.25) is 0 Å². The van der Waals surface area contributed by atoms with Crippen LogP contribution in [0.1, 0.15) is 72.1 Å². The number of Topliss-reactive ketones (excluding diaryl/α,β-unsaturated/α-hetero) is 1. The van der Waals surface area contributed by atoms with Crippen LogP contribution in [0.5, 0.6) is 0 Å². The summed E-state index contributed by atoms with van der Waals surface area (Å²) in [6, 6.07) is 0. The summed E-state index contributed by atoms with van der Waals surface area (Å²) in [5.74, 6) is -0.0168. The number of primary amides is 1. The molecule has 0 spiro atoms. The molecule has 0 saturated carbocycles. The van der Waals surface area contributed by atoms with Gasteiger partial charge in [0.25, 0.3) is 0 Å². The van der Waals surface area contributed by atoms with Crippen molar-refractivity contribution < 1.29 is 19.2 Å². The van der Waals surface area contributed by atoms with Gasteiger partial charge in [0.2, 0.25) is 17.7 Å². The van der Waals surface area contributed by atoms with Gasteiger partial charge < -0.3 is 21.2 Å². The molecule has 0 bridgehead atoms. The Balaban J connectivity index is 0. The maximum absolute atomic E-state index is 11.5. The van der Waals surface area contributed by atoms with Crippen LogP contribution in [0.25, 0.3) is 0 Å². The van der Waals surface area contributed by atoms with Crippen LogP contribution in [0.3, 0.4) is 0 Å². The molecule has 7 heteroatoms. The highest BCUT2D eigenvalue weighted by Crippen LogP contribution is 2.01. The minimum Gasteiger partial charge on any atom is -0.370 e.